The van der Waals surface area contributed by atoms with Gasteiger partial charge in [-0.25, -0.2) is 0 Å². The Hall–Kier alpha value is -0.110. The molecule has 0 aliphatic carbocycles. The number of thiocarbonyl (C=S) groups is 1. The minimum absolute atomic E-state index is 0.129. The molecule has 0 atom stereocenters. The molecular formula is C8H17NS. The number of rotatable bonds is 2. The Balaban J connectivity index is 4.24. The van der Waals surface area contributed by atoms with E-state index in [9.17, 15) is 0 Å². The molecule has 0 saturated heterocycles. The van der Waals surface area contributed by atoms with Gasteiger partial charge in [-0.15, -0.1) is 0 Å². The van der Waals surface area contributed by atoms with E-state index in [1.165, 1.54) is 0 Å². The van der Waals surface area contributed by atoms with Crippen molar-refractivity contribution in [3.05, 3.63) is 0 Å². The molecule has 2 heteroatoms. The second kappa shape index (κ2) is 3.33. The van der Waals surface area contributed by atoms with Crippen LogP contribution in [0.1, 0.15) is 27.7 Å². The summed E-state index contributed by atoms with van der Waals surface area (Å²) in [6, 6.07) is 0. The van der Waals surface area contributed by atoms with Gasteiger partial charge in [-0.1, -0.05) is 39.9 Å². The molecule has 0 rings (SSSR count). The molecule has 10 heavy (non-hydrogen) atoms. The molecule has 0 spiro atoms. The van der Waals surface area contributed by atoms with Gasteiger partial charge in [0, 0.05) is 12.5 Å². The lowest BCUT2D eigenvalue weighted by molar-refractivity contribution is 0.362. The number of hydrogen-bond acceptors (Lipinski definition) is 1. The fraction of sp³-hybridized carbons (Fsp3) is 0.875. The molecule has 1 N–H and O–H groups in total. The number of hydrogen-bond donors (Lipinski definition) is 1. The van der Waals surface area contributed by atoms with Gasteiger partial charge < -0.3 is 5.32 Å². The Bertz CT molecular complexity index is 127. The van der Waals surface area contributed by atoms with Gasteiger partial charge in [-0.3, -0.25) is 0 Å². The second-order valence-electron chi connectivity index (χ2n) is 3.46. The largest absolute Gasteiger partial charge is 0.382 e. The highest BCUT2D eigenvalue weighted by molar-refractivity contribution is 7.80. The molecule has 1 nitrogen and oxygen atoms in total. The normalized spacial score (nSPS) is 11.8. The van der Waals surface area contributed by atoms with Gasteiger partial charge in [-0.05, 0) is 5.92 Å². The van der Waals surface area contributed by atoms with E-state index in [0.29, 0.717) is 5.92 Å². The lowest BCUT2D eigenvalue weighted by Gasteiger charge is -2.29. The minimum atomic E-state index is 0.129. The molecule has 0 fully saturated rings. The summed E-state index contributed by atoms with van der Waals surface area (Å²) in [4.78, 5) is 0.947. The third-order valence-electron chi connectivity index (χ3n) is 2.26. The predicted molar refractivity (Wildman–Crippen MR) is 50.3 cm³/mol. The van der Waals surface area contributed by atoms with Crippen molar-refractivity contribution in [3.8, 4) is 0 Å². The number of nitrogens with one attached hydrogen (secondary N) is 1. The highest BCUT2D eigenvalue weighted by atomic mass is 32.1. The van der Waals surface area contributed by atoms with Gasteiger partial charge in [0.15, 0.2) is 0 Å². The van der Waals surface area contributed by atoms with Crippen LogP contribution in [-0.2, 0) is 0 Å². The fourth-order valence-electron chi connectivity index (χ4n) is 0.584. The predicted octanol–water partition coefficient (Wildman–Crippen LogP) is 2.22. The molecule has 0 bridgehead atoms. The molecule has 0 aromatic carbocycles. The summed E-state index contributed by atoms with van der Waals surface area (Å²) >= 11 is 5.16. The van der Waals surface area contributed by atoms with E-state index in [1.54, 1.807) is 0 Å². The van der Waals surface area contributed by atoms with Crippen LogP contribution in [0, 0.1) is 11.3 Å². The minimum Gasteiger partial charge on any atom is -0.382 e. The van der Waals surface area contributed by atoms with Crippen molar-refractivity contribution in [2.75, 3.05) is 7.05 Å². The van der Waals surface area contributed by atoms with Crippen LogP contribution in [0.5, 0.6) is 0 Å². The van der Waals surface area contributed by atoms with Crippen LogP contribution in [0.4, 0.5) is 0 Å². The van der Waals surface area contributed by atoms with E-state index in [1.807, 2.05) is 7.05 Å². The molecule has 0 radical (unpaired) electrons. The zero-order valence-electron chi connectivity index (χ0n) is 7.49. The maximum Gasteiger partial charge on any atom is 0.0810 e. The molecule has 0 amide bonds. The van der Waals surface area contributed by atoms with E-state index in [2.05, 4.69) is 33.0 Å². The van der Waals surface area contributed by atoms with Crippen molar-refractivity contribution in [1.29, 1.82) is 0 Å². The molecule has 0 unspecified atom stereocenters. The van der Waals surface area contributed by atoms with Crippen molar-refractivity contribution in [1.82, 2.24) is 5.32 Å². The SMILES string of the molecule is CNC(=S)C(C)(C)C(C)C. The van der Waals surface area contributed by atoms with Gasteiger partial charge in [0.1, 0.15) is 0 Å². The quantitative estimate of drug-likeness (QED) is 0.620. The molecule has 60 valence electrons. The first kappa shape index (κ1) is 9.89. The summed E-state index contributed by atoms with van der Waals surface area (Å²) < 4.78 is 0. The van der Waals surface area contributed by atoms with Crippen LogP contribution in [0.25, 0.3) is 0 Å². The van der Waals surface area contributed by atoms with Gasteiger partial charge in [0.2, 0.25) is 0 Å². The first-order valence-electron chi connectivity index (χ1n) is 3.65. The summed E-state index contributed by atoms with van der Waals surface area (Å²) in [5.74, 6) is 0.590. The average molecular weight is 159 g/mol. The Labute approximate surface area is 69.2 Å². The van der Waals surface area contributed by atoms with Crippen molar-refractivity contribution in [3.63, 3.8) is 0 Å². The van der Waals surface area contributed by atoms with Crippen LogP contribution in [-0.4, -0.2) is 12.0 Å². The topological polar surface area (TPSA) is 12.0 Å². The van der Waals surface area contributed by atoms with Crippen molar-refractivity contribution < 1.29 is 0 Å². The lowest BCUT2D eigenvalue weighted by Crippen LogP contribution is -2.36. The zero-order chi connectivity index (χ0) is 8.36. The van der Waals surface area contributed by atoms with Gasteiger partial charge >= 0.3 is 0 Å². The highest BCUT2D eigenvalue weighted by Gasteiger charge is 2.26. The lowest BCUT2D eigenvalue weighted by atomic mass is 9.81. The first-order chi connectivity index (χ1) is 4.42. The van der Waals surface area contributed by atoms with Crippen molar-refractivity contribution in [2.24, 2.45) is 11.3 Å². The second-order valence-corrected chi connectivity index (χ2v) is 3.86. The highest BCUT2D eigenvalue weighted by Crippen LogP contribution is 2.26. The van der Waals surface area contributed by atoms with Gasteiger partial charge in [0.25, 0.3) is 0 Å². The van der Waals surface area contributed by atoms with E-state index in [0.717, 1.165) is 4.99 Å². The van der Waals surface area contributed by atoms with Crippen molar-refractivity contribution >= 4 is 17.2 Å². The Morgan fingerprint density at radius 1 is 1.40 bits per heavy atom. The first-order valence-corrected chi connectivity index (χ1v) is 4.06. The summed E-state index contributed by atoms with van der Waals surface area (Å²) in [5.41, 5.74) is 0.129. The third-order valence-corrected chi connectivity index (χ3v) is 2.99. The zero-order valence-corrected chi connectivity index (χ0v) is 8.30. The Morgan fingerprint density at radius 3 is 1.90 bits per heavy atom. The monoisotopic (exact) mass is 159 g/mol. The Kier molecular flexibility index (Phi) is 3.29. The molecule has 0 aromatic rings. The summed E-state index contributed by atoms with van der Waals surface area (Å²) in [6.45, 7) is 8.69. The molecule has 0 aliphatic heterocycles. The summed E-state index contributed by atoms with van der Waals surface area (Å²) in [7, 11) is 1.88. The molecular weight excluding hydrogens is 142 g/mol. The average Bonchev–Trinajstić information content (AvgIpc) is 1.86. The smallest absolute Gasteiger partial charge is 0.0810 e. The fourth-order valence-corrected chi connectivity index (χ4v) is 0.820. The van der Waals surface area contributed by atoms with E-state index < -0.39 is 0 Å². The van der Waals surface area contributed by atoms with Gasteiger partial charge in [-0.2, -0.15) is 0 Å². The summed E-state index contributed by atoms with van der Waals surface area (Å²) in [5, 5.41) is 3.02. The van der Waals surface area contributed by atoms with E-state index >= 15 is 0 Å². The van der Waals surface area contributed by atoms with E-state index in [-0.39, 0.29) is 5.41 Å². The van der Waals surface area contributed by atoms with Gasteiger partial charge in [0.05, 0.1) is 4.99 Å². The molecule has 0 aliphatic rings. The van der Waals surface area contributed by atoms with Crippen LogP contribution >= 0.6 is 12.2 Å². The van der Waals surface area contributed by atoms with Crippen LogP contribution in [0.15, 0.2) is 0 Å². The van der Waals surface area contributed by atoms with Crippen molar-refractivity contribution in [2.45, 2.75) is 27.7 Å². The molecule has 0 saturated carbocycles. The van der Waals surface area contributed by atoms with E-state index in [4.69, 9.17) is 12.2 Å². The third kappa shape index (κ3) is 1.94. The molecule has 0 aromatic heterocycles. The van der Waals surface area contributed by atoms with Crippen LogP contribution < -0.4 is 5.32 Å². The molecule has 0 heterocycles. The van der Waals surface area contributed by atoms with Crippen LogP contribution in [0.3, 0.4) is 0 Å². The standard InChI is InChI=1S/C8H17NS/c1-6(2)8(3,4)7(10)9-5/h6H,1-5H3,(H,9,10). The maximum absolute atomic E-state index is 5.16. The maximum atomic E-state index is 5.16. The van der Waals surface area contributed by atoms with Crippen LogP contribution in [0.2, 0.25) is 0 Å². The summed E-state index contributed by atoms with van der Waals surface area (Å²) in [6.07, 6.45) is 0. The Morgan fingerprint density at radius 2 is 1.80 bits per heavy atom.